The fourth-order valence-electron chi connectivity index (χ4n) is 2.47. The number of nitrogens with one attached hydrogen (secondary N) is 1. The van der Waals surface area contributed by atoms with Crippen LogP contribution in [0.3, 0.4) is 0 Å². The van der Waals surface area contributed by atoms with E-state index in [1.807, 2.05) is 0 Å². The van der Waals surface area contributed by atoms with E-state index >= 15 is 0 Å². The van der Waals surface area contributed by atoms with Crippen molar-refractivity contribution in [2.75, 3.05) is 0 Å². The largest absolute Gasteiger partial charge is 0.344 e. The molecule has 1 fully saturated rings. The maximum Gasteiger partial charge on any atom is 0.245 e. The molecule has 1 N–H and O–H groups in total. The van der Waals surface area contributed by atoms with Crippen molar-refractivity contribution < 1.29 is 18.4 Å². The van der Waals surface area contributed by atoms with E-state index in [0.29, 0.717) is 6.42 Å². The van der Waals surface area contributed by atoms with Gasteiger partial charge in [0.2, 0.25) is 11.8 Å². The summed E-state index contributed by atoms with van der Waals surface area (Å²) in [4.78, 5) is 25.6. The molecular weight excluding hydrogens is 278 g/mol. The Labute approximate surface area is 122 Å². The van der Waals surface area contributed by atoms with E-state index in [1.165, 1.54) is 4.90 Å². The molecule has 0 aromatic heterocycles. The molecule has 6 heteroatoms. The van der Waals surface area contributed by atoms with E-state index in [1.54, 1.807) is 13.8 Å². The average Bonchev–Trinajstić information content (AvgIpc) is 2.53. The minimum atomic E-state index is -0.612. The van der Waals surface area contributed by atoms with E-state index in [0.717, 1.165) is 18.2 Å². The smallest absolute Gasteiger partial charge is 0.245 e. The highest BCUT2D eigenvalue weighted by atomic mass is 19.1. The number of amides is 2. The van der Waals surface area contributed by atoms with Gasteiger partial charge >= 0.3 is 0 Å². The Bertz CT molecular complexity index is 563. The molecule has 0 aliphatic carbocycles. The second-order valence-electron chi connectivity index (χ2n) is 5.28. The van der Waals surface area contributed by atoms with Crippen LogP contribution in [0.5, 0.6) is 0 Å². The van der Waals surface area contributed by atoms with Crippen LogP contribution in [0.2, 0.25) is 0 Å². The van der Waals surface area contributed by atoms with E-state index in [4.69, 9.17) is 0 Å². The summed E-state index contributed by atoms with van der Waals surface area (Å²) in [6.45, 7) is 3.47. The van der Waals surface area contributed by atoms with Gasteiger partial charge < -0.3 is 10.2 Å². The van der Waals surface area contributed by atoms with Crippen molar-refractivity contribution in [1.82, 2.24) is 10.2 Å². The highest BCUT2D eigenvalue weighted by molar-refractivity contribution is 5.90. The van der Waals surface area contributed by atoms with Gasteiger partial charge in [-0.25, -0.2) is 8.78 Å². The number of hydrogen-bond acceptors (Lipinski definition) is 2. The molecule has 2 amide bonds. The quantitative estimate of drug-likeness (QED) is 0.927. The normalized spacial score (nSPS) is 23.0. The first-order valence-corrected chi connectivity index (χ1v) is 6.96. The lowest BCUT2D eigenvalue weighted by Crippen LogP contribution is -2.45. The van der Waals surface area contributed by atoms with Crippen LogP contribution in [-0.4, -0.2) is 28.8 Å². The Kier molecular flexibility index (Phi) is 4.55. The van der Waals surface area contributed by atoms with Gasteiger partial charge in [-0.15, -0.1) is 0 Å². The van der Waals surface area contributed by atoms with E-state index < -0.39 is 17.7 Å². The maximum atomic E-state index is 13.7. The van der Waals surface area contributed by atoms with Gasteiger partial charge in [0.25, 0.3) is 0 Å². The Morgan fingerprint density at radius 2 is 2.05 bits per heavy atom. The molecule has 0 radical (unpaired) electrons. The first-order valence-electron chi connectivity index (χ1n) is 6.96. The second kappa shape index (κ2) is 6.20. The lowest BCUT2D eigenvalue weighted by molar-refractivity contribution is -0.135. The number of carbonyl (C=O) groups is 2. The van der Waals surface area contributed by atoms with Crippen LogP contribution >= 0.6 is 0 Å². The topological polar surface area (TPSA) is 49.4 Å². The van der Waals surface area contributed by atoms with Crippen molar-refractivity contribution in [3.63, 3.8) is 0 Å². The summed E-state index contributed by atoms with van der Waals surface area (Å²) in [5, 5.41) is 2.65. The fraction of sp³-hybridized carbons (Fsp3) is 0.467. The van der Waals surface area contributed by atoms with Crippen LogP contribution in [0, 0.1) is 11.6 Å². The summed E-state index contributed by atoms with van der Waals surface area (Å²) in [7, 11) is 0. The number of nitrogens with zero attached hydrogens (tertiary/aromatic N) is 1. The summed E-state index contributed by atoms with van der Waals surface area (Å²) in [6, 6.07) is 2.18. The van der Waals surface area contributed by atoms with E-state index in [-0.39, 0.29) is 36.4 Å². The van der Waals surface area contributed by atoms with Crippen molar-refractivity contribution in [2.24, 2.45) is 0 Å². The van der Waals surface area contributed by atoms with E-state index in [9.17, 15) is 18.4 Å². The zero-order valence-corrected chi connectivity index (χ0v) is 12.0. The van der Waals surface area contributed by atoms with Gasteiger partial charge in [0.1, 0.15) is 17.7 Å². The van der Waals surface area contributed by atoms with Gasteiger partial charge in [-0.3, -0.25) is 9.59 Å². The second-order valence-corrected chi connectivity index (χ2v) is 5.28. The molecule has 1 aromatic carbocycles. The van der Waals surface area contributed by atoms with Gasteiger partial charge in [0, 0.05) is 24.6 Å². The molecule has 1 aliphatic heterocycles. The summed E-state index contributed by atoms with van der Waals surface area (Å²) in [5.41, 5.74) is 0.111. The van der Waals surface area contributed by atoms with Crippen molar-refractivity contribution in [3.8, 4) is 0 Å². The van der Waals surface area contributed by atoms with Gasteiger partial charge in [-0.05, 0) is 31.5 Å². The third-order valence-electron chi connectivity index (χ3n) is 3.69. The zero-order chi connectivity index (χ0) is 15.6. The van der Waals surface area contributed by atoms with Crippen LogP contribution in [0.1, 0.15) is 32.3 Å². The highest BCUT2D eigenvalue weighted by Crippen LogP contribution is 2.19. The summed E-state index contributed by atoms with van der Waals surface area (Å²) in [5.74, 6) is -1.58. The molecular formula is C15H18F2N2O2. The van der Waals surface area contributed by atoms with Crippen LogP contribution in [0.15, 0.2) is 18.2 Å². The number of hydrogen-bond donors (Lipinski definition) is 1. The van der Waals surface area contributed by atoms with Crippen molar-refractivity contribution in [2.45, 2.75) is 45.3 Å². The predicted octanol–water partition coefficient (Wildman–Crippen LogP) is 1.98. The molecule has 2 rings (SSSR count). The Morgan fingerprint density at radius 3 is 2.71 bits per heavy atom. The molecule has 0 spiro atoms. The average molecular weight is 296 g/mol. The summed E-state index contributed by atoms with van der Waals surface area (Å²) < 4.78 is 27.0. The Morgan fingerprint density at radius 1 is 1.33 bits per heavy atom. The van der Waals surface area contributed by atoms with Crippen molar-refractivity contribution in [1.29, 1.82) is 0 Å². The number of rotatable bonds is 3. The molecule has 1 aliphatic rings. The third kappa shape index (κ3) is 3.37. The standard InChI is InChI=1S/C15H18F2N2O2/c1-3-13-15(21)19(9(2)6-14(20)18-13)8-10-7-11(16)4-5-12(10)17/h4-5,7,9,13H,3,6,8H2,1-2H3,(H,18,20). The summed E-state index contributed by atoms with van der Waals surface area (Å²) >= 11 is 0. The SMILES string of the molecule is CCC1NC(=O)CC(C)N(Cc2cc(F)ccc2F)C1=O. The molecule has 1 aromatic rings. The summed E-state index contributed by atoms with van der Waals surface area (Å²) in [6.07, 6.45) is 0.610. The Balaban J connectivity index is 2.28. The van der Waals surface area contributed by atoms with Gasteiger partial charge in [0.15, 0.2) is 0 Å². The lowest BCUT2D eigenvalue weighted by Gasteiger charge is -2.28. The predicted molar refractivity (Wildman–Crippen MR) is 73.2 cm³/mol. The van der Waals surface area contributed by atoms with Crippen LogP contribution in [0.4, 0.5) is 8.78 Å². The highest BCUT2D eigenvalue weighted by Gasteiger charge is 2.33. The minimum absolute atomic E-state index is 0.0466. The van der Waals surface area contributed by atoms with Crippen LogP contribution < -0.4 is 5.32 Å². The van der Waals surface area contributed by atoms with Crippen LogP contribution in [-0.2, 0) is 16.1 Å². The monoisotopic (exact) mass is 296 g/mol. The molecule has 4 nitrogen and oxygen atoms in total. The lowest BCUT2D eigenvalue weighted by atomic mass is 10.1. The van der Waals surface area contributed by atoms with Crippen LogP contribution in [0.25, 0.3) is 0 Å². The zero-order valence-electron chi connectivity index (χ0n) is 12.0. The van der Waals surface area contributed by atoms with Crippen molar-refractivity contribution >= 4 is 11.8 Å². The minimum Gasteiger partial charge on any atom is -0.344 e. The molecule has 114 valence electrons. The molecule has 21 heavy (non-hydrogen) atoms. The number of carbonyl (C=O) groups excluding carboxylic acids is 2. The molecule has 2 unspecified atom stereocenters. The van der Waals surface area contributed by atoms with Crippen molar-refractivity contribution in [3.05, 3.63) is 35.4 Å². The number of halogens is 2. The molecule has 0 saturated carbocycles. The van der Waals surface area contributed by atoms with Gasteiger partial charge in [0.05, 0.1) is 0 Å². The first-order chi connectivity index (χ1) is 9.92. The number of benzene rings is 1. The Hall–Kier alpha value is -1.98. The molecule has 2 atom stereocenters. The maximum absolute atomic E-state index is 13.7. The van der Waals surface area contributed by atoms with E-state index in [2.05, 4.69) is 5.32 Å². The first kappa shape index (κ1) is 15.4. The molecule has 0 bridgehead atoms. The van der Waals surface area contributed by atoms with Gasteiger partial charge in [-0.1, -0.05) is 6.92 Å². The molecule has 1 saturated heterocycles. The van der Waals surface area contributed by atoms with Gasteiger partial charge in [-0.2, -0.15) is 0 Å². The molecule has 1 heterocycles. The third-order valence-corrected chi connectivity index (χ3v) is 3.69. The fourth-order valence-corrected chi connectivity index (χ4v) is 2.47.